The average molecular weight is 431 g/mol. The molecular formula is C23H26N8O. The maximum absolute atomic E-state index is 12.4. The highest BCUT2D eigenvalue weighted by atomic mass is 16.1. The number of anilines is 1. The molecule has 0 bridgehead atoms. The van der Waals surface area contributed by atoms with Gasteiger partial charge in [0.1, 0.15) is 0 Å². The van der Waals surface area contributed by atoms with E-state index in [-0.39, 0.29) is 5.56 Å². The predicted molar refractivity (Wildman–Crippen MR) is 123 cm³/mol. The lowest BCUT2D eigenvalue weighted by molar-refractivity contribution is 0.242. The van der Waals surface area contributed by atoms with E-state index in [2.05, 4.69) is 42.3 Å². The Kier molecular flexibility index (Phi) is 5.40. The Morgan fingerprint density at radius 1 is 0.938 bits per heavy atom. The molecule has 9 nitrogen and oxygen atoms in total. The summed E-state index contributed by atoms with van der Waals surface area (Å²) in [5.74, 6) is 1.60. The Balaban J connectivity index is 1.24. The third-order valence-corrected chi connectivity index (χ3v) is 5.93. The van der Waals surface area contributed by atoms with Crippen LogP contribution < -0.4 is 10.5 Å². The van der Waals surface area contributed by atoms with Crippen molar-refractivity contribution in [1.82, 2.24) is 34.7 Å². The molecule has 1 aliphatic rings. The van der Waals surface area contributed by atoms with Gasteiger partial charge in [-0.3, -0.25) is 9.69 Å². The van der Waals surface area contributed by atoms with Gasteiger partial charge in [0.05, 0.1) is 18.4 Å². The molecule has 0 spiro atoms. The van der Waals surface area contributed by atoms with Gasteiger partial charge in [0, 0.05) is 55.3 Å². The van der Waals surface area contributed by atoms with Gasteiger partial charge in [0.25, 0.3) is 5.56 Å². The van der Waals surface area contributed by atoms with Crippen molar-refractivity contribution in [1.29, 1.82) is 0 Å². The Labute approximate surface area is 185 Å². The van der Waals surface area contributed by atoms with Crippen molar-refractivity contribution in [3.63, 3.8) is 0 Å². The number of rotatable bonds is 5. The molecule has 5 rings (SSSR count). The first-order valence-electron chi connectivity index (χ1n) is 10.9. The van der Waals surface area contributed by atoms with Crippen LogP contribution in [0.4, 0.5) is 5.82 Å². The van der Waals surface area contributed by atoms with E-state index in [1.54, 1.807) is 23.0 Å². The minimum absolute atomic E-state index is 0.0973. The maximum Gasteiger partial charge on any atom is 0.266 e. The lowest BCUT2D eigenvalue weighted by Gasteiger charge is -2.35. The Morgan fingerprint density at radius 3 is 2.53 bits per heavy atom. The van der Waals surface area contributed by atoms with E-state index in [9.17, 15) is 4.79 Å². The van der Waals surface area contributed by atoms with E-state index in [0.717, 1.165) is 60.7 Å². The normalized spacial score (nSPS) is 14.9. The molecule has 164 valence electrons. The molecule has 32 heavy (non-hydrogen) atoms. The molecule has 9 heteroatoms. The van der Waals surface area contributed by atoms with Crippen LogP contribution in [0.1, 0.15) is 11.4 Å². The average Bonchev–Trinajstić information content (AvgIpc) is 3.16. The number of benzene rings is 1. The summed E-state index contributed by atoms with van der Waals surface area (Å²) < 4.78 is 3.31. The van der Waals surface area contributed by atoms with Crippen LogP contribution >= 0.6 is 0 Å². The zero-order valence-electron chi connectivity index (χ0n) is 18.3. The summed E-state index contributed by atoms with van der Waals surface area (Å²) in [5.41, 5.74) is 1.82. The molecule has 0 aliphatic carbocycles. The molecule has 4 aromatic rings. The molecule has 4 heterocycles. The van der Waals surface area contributed by atoms with Gasteiger partial charge in [0.15, 0.2) is 11.6 Å². The summed E-state index contributed by atoms with van der Waals surface area (Å²) >= 11 is 0. The van der Waals surface area contributed by atoms with Gasteiger partial charge < -0.3 is 4.90 Å². The van der Waals surface area contributed by atoms with E-state index in [1.165, 1.54) is 4.68 Å². The van der Waals surface area contributed by atoms with Gasteiger partial charge in [-0.1, -0.05) is 24.3 Å². The molecule has 0 atom stereocenters. The SMILES string of the molecule is Cc1cc(C)n(-c2ccc(=O)n(CCN3CCN(c4nncc5ccccc45)CC3)n2)n1. The Bertz CT molecular complexity index is 1300. The van der Waals surface area contributed by atoms with Crippen molar-refractivity contribution in [3.05, 3.63) is 70.4 Å². The summed E-state index contributed by atoms with van der Waals surface area (Å²) in [6.45, 7) is 8.78. The zero-order chi connectivity index (χ0) is 22.1. The van der Waals surface area contributed by atoms with Crippen LogP contribution in [0.15, 0.2) is 53.5 Å². The molecule has 1 saturated heterocycles. The van der Waals surface area contributed by atoms with E-state index in [1.807, 2.05) is 32.0 Å². The quantitative estimate of drug-likeness (QED) is 0.477. The number of fused-ring (bicyclic) bond motifs is 1. The fourth-order valence-electron chi connectivity index (χ4n) is 4.24. The van der Waals surface area contributed by atoms with Crippen molar-refractivity contribution < 1.29 is 0 Å². The number of aryl methyl sites for hydroxylation is 2. The van der Waals surface area contributed by atoms with Gasteiger partial charge in [0.2, 0.25) is 0 Å². The molecule has 0 amide bonds. The first kappa shape index (κ1) is 20.3. The van der Waals surface area contributed by atoms with Gasteiger partial charge in [-0.2, -0.15) is 10.2 Å². The highest BCUT2D eigenvalue weighted by Gasteiger charge is 2.20. The maximum atomic E-state index is 12.4. The third-order valence-electron chi connectivity index (χ3n) is 5.93. The van der Waals surface area contributed by atoms with Crippen molar-refractivity contribution in [2.45, 2.75) is 20.4 Å². The number of hydrogen-bond donors (Lipinski definition) is 0. The number of aromatic nitrogens is 6. The molecule has 0 radical (unpaired) electrons. The molecule has 0 unspecified atom stereocenters. The Hall–Kier alpha value is -3.59. The van der Waals surface area contributed by atoms with Crippen molar-refractivity contribution >= 4 is 16.6 Å². The lowest BCUT2D eigenvalue weighted by atomic mass is 10.1. The van der Waals surface area contributed by atoms with Crippen molar-refractivity contribution in [2.75, 3.05) is 37.6 Å². The van der Waals surface area contributed by atoms with Crippen LogP contribution in [0.2, 0.25) is 0 Å². The minimum Gasteiger partial charge on any atom is -0.352 e. The van der Waals surface area contributed by atoms with Crippen LogP contribution in [0.3, 0.4) is 0 Å². The van der Waals surface area contributed by atoms with Crippen LogP contribution in [-0.4, -0.2) is 67.4 Å². The summed E-state index contributed by atoms with van der Waals surface area (Å²) in [7, 11) is 0. The van der Waals surface area contributed by atoms with E-state index in [0.29, 0.717) is 12.4 Å². The highest BCUT2D eigenvalue weighted by Crippen LogP contribution is 2.24. The first-order valence-corrected chi connectivity index (χ1v) is 10.9. The number of piperazine rings is 1. The highest BCUT2D eigenvalue weighted by molar-refractivity contribution is 5.91. The fraction of sp³-hybridized carbons (Fsp3) is 0.348. The second kappa shape index (κ2) is 8.51. The molecule has 1 aliphatic heterocycles. The van der Waals surface area contributed by atoms with Crippen LogP contribution in [0.25, 0.3) is 16.6 Å². The van der Waals surface area contributed by atoms with Gasteiger partial charge >= 0.3 is 0 Å². The second-order valence-electron chi connectivity index (χ2n) is 8.18. The second-order valence-corrected chi connectivity index (χ2v) is 8.18. The standard InChI is InChI=1S/C23H26N8O/c1-17-15-18(2)31(26-17)21-7-8-22(32)30(27-21)14-11-28-9-12-29(13-10-28)23-20-6-4-3-5-19(20)16-24-25-23/h3-8,15-16H,9-14H2,1-2H3. The first-order chi connectivity index (χ1) is 15.6. The summed E-state index contributed by atoms with van der Waals surface area (Å²) in [4.78, 5) is 17.0. The number of hydrogen-bond acceptors (Lipinski definition) is 7. The lowest BCUT2D eigenvalue weighted by Crippen LogP contribution is -2.48. The molecular weight excluding hydrogens is 404 g/mol. The summed E-state index contributed by atoms with van der Waals surface area (Å²) in [6, 6.07) is 13.5. The van der Waals surface area contributed by atoms with Crippen molar-refractivity contribution in [2.24, 2.45) is 0 Å². The third kappa shape index (κ3) is 3.99. The smallest absolute Gasteiger partial charge is 0.266 e. The van der Waals surface area contributed by atoms with Crippen LogP contribution in [0, 0.1) is 13.8 Å². The summed E-state index contributed by atoms with van der Waals surface area (Å²) in [6.07, 6.45) is 1.81. The van der Waals surface area contributed by atoms with E-state index in [4.69, 9.17) is 0 Å². The number of nitrogens with zero attached hydrogens (tertiary/aromatic N) is 8. The minimum atomic E-state index is -0.0973. The van der Waals surface area contributed by atoms with Gasteiger partial charge in [-0.05, 0) is 26.0 Å². The molecule has 0 N–H and O–H groups in total. The molecule has 1 fully saturated rings. The Morgan fingerprint density at radius 2 is 1.75 bits per heavy atom. The molecule has 3 aromatic heterocycles. The van der Waals surface area contributed by atoms with Crippen LogP contribution in [0.5, 0.6) is 0 Å². The van der Waals surface area contributed by atoms with E-state index < -0.39 is 0 Å². The largest absolute Gasteiger partial charge is 0.352 e. The fourth-order valence-corrected chi connectivity index (χ4v) is 4.24. The predicted octanol–water partition coefficient (Wildman–Crippen LogP) is 1.81. The summed E-state index contributed by atoms with van der Waals surface area (Å²) in [5, 5.41) is 19.8. The van der Waals surface area contributed by atoms with Crippen molar-refractivity contribution in [3.8, 4) is 5.82 Å². The van der Waals surface area contributed by atoms with Crippen LogP contribution in [-0.2, 0) is 6.54 Å². The topological polar surface area (TPSA) is 85.0 Å². The molecule has 0 saturated carbocycles. The van der Waals surface area contributed by atoms with Gasteiger partial charge in [-0.15, -0.1) is 10.2 Å². The van der Waals surface area contributed by atoms with Gasteiger partial charge in [-0.25, -0.2) is 9.36 Å². The van der Waals surface area contributed by atoms with E-state index >= 15 is 0 Å². The molecule has 1 aromatic carbocycles. The zero-order valence-corrected chi connectivity index (χ0v) is 18.3. The monoisotopic (exact) mass is 430 g/mol.